The van der Waals surface area contributed by atoms with Gasteiger partial charge in [0, 0.05) is 6.20 Å². The molecule has 0 amide bonds. The van der Waals surface area contributed by atoms with Crippen molar-refractivity contribution in [1.29, 1.82) is 0 Å². The first-order valence-corrected chi connectivity index (χ1v) is 7.61. The zero-order valence-corrected chi connectivity index (χ0v) is 13.4. The monoisotopic (exact) mass is 344 g/mol. The van der Waals surface area contributed by atoms with Crippen LogP contribution in [0.5, 0.6) is 0 Å². The number of aliphatic hydroxyl groups is 1. The van der Waals surface area contributed by atoms with Gasteiger partial charge in [0.15, 0.2) is 17.2 Å². The normalized spacial score (nSPS) is 10.8. The van der Waals surface area contributed by atoms with E-state index >= 15 is 0 Å². The molecule has 0 aliphatic heterocycles. The molecule has 0 saturated carbocycles. The highest BCUT2D eigenvalue weighted by Crippen LogP contribution is 2.34. The fourth-order valence-corrected chi connectivity index (χ4v) is 2.67. The summed E-state index contributed by atoms with van der Waals surface area (Å²) in [4.78, 5) is 20.5. The number of benzene rings is 1. The van der Waals surface area contributed by atoms with Crippen molar-refractivity contribution < 1.29 is 5.11 Å². The van der Waals surface area contributed by atoms with E-state index in [-0.39, 0.29) is 18.4 Å². The summed E-state index contributed by atoms with van der Waals surface area (Å²) in [6.07, 6.45) is 3.03. The van der Waals surface area contributed by atoms with Gasteiger partial charge in [-0.1, -0.05) is 18.2 Å². The number of nitrogens with two attached hydrogens (primary N) is 1. The fraction of sp³-hybridized carbons (Fsp3) is 0.0588. The van der Waals surface area contributed by atoms with Crippen molar-refractivity contribution in [3.05, 3.63) is 60.1 Å². The van der Waals surface area contributed by atoms with Gasteiger partial charge in [0.1, 0.15) is 12.9 Å². The Morgan fingerprint density at radius 1 is 1.23 bits per heavy atom. The predicted octanol–water partition coefficient (Wildman–Crippen LogP) is 1.87. The van der Waals surface area contributed by atoms with Gasteiger partial charge in [0.05, 0.1) is 23.5 Å². The maximum absolute atomic E-state index is 9.39. The van der Waals surface area contributed by atoms with Crippen molar-refractivity contribution in [3.63, 3.8) is 0 Å². The molecule has 3 heterocycles. The van der Waals surface area contributed by atoms with Crippen molar-refractivity contribution >= 4 is 17.3 Å². The third kappa shape index (κ3) is 2.51. The molecule has 3 N–H and O–H groups in total. The standard InChI is InChI=1S/C17H12N8O/c1-19-11-4-2-3-10(7-11)15-14(12-5-6-20-9-21-12)16-22-13(8-26)24-25(16)17(18)23-15/h2-7,9,26H,8H2,(H2,18,23). The summed E-state index contributed by atoms with van der Waals surface area (Å²) in [5, 5.41) is 13.5. The van der Waals surface area contributed by atoms with Crippen LogP contribution in [-0.4, -0.2) is 34.7 Å². The molecule has 0 aliphatic rings. The lowest BCUT2D eigenvalue weighted by Gasteiger charge is -2.11. The number of nitrogens with zero attached hydrogens (tertiary/aromatic N) is 7. The minimum atomic E-state index is -0.327. The average Bonchev–Trinajstić information content (AvgIpc) is 3.13. The number of nitrogen functional groups attached to an aromatic ring is 1. The van der Waals surface area contributed by atoms with Gasteiger partial charge < -0.3 is 10.8 Å². The molecule has 9 heteroatoms. The van der Waals surface area contributed by atoms with Gasteiger partial charge in [-0.15, -0.1) is 5.10 Å². The van der Waals surface area contributed by atoms with Gasteiger partial charge in [0.2, 0.25) is 5.95 Å². The van der Waals surface area contributed by atoms with Gasteiger partial charge in [-0.05, 0) is 17.7 Å². The molecule has 4 rings (SSSR count). The minimum Gasteiger partial charge on any atom is -0.388 e. The second-order valence-corrected chi connectivity index (χ2v) is 5.37. The van der Waals surface area contributed by atoms with E-state index in [0.717, 1.165) is 0 Å². The molecule has 1 aromatic carbocycles. The summed E-state index contributed by atoms with van der Waals surface area (Å²) >= 11 is 0. The number of hydrogen-bond donors (Lipinski definition) is 2. The molecular formula is C17H12N8O. The van der Waals surface area contributed by atoms with E-state index in [1.807, 2.05) is 6.07 Å². The zero-order valence-electron chi connectivity index (χ0n) is 13.4. The first-order valence-electron chi connectivity index (χ1n) is 7.61. The number of hydrogen-bond acceptors (Lipinski definition) is 7. The van der Waals surface area contributed by atoms with Gasteiger partial charge in [-0.3, -0.25) is 0 Å². The third-order valence-corrected chi connectivity index (χ3v) is 3.78. The van der Waals surface area contributed by atoms with Crippen molar-refractivity contribution in [2.45, 2.75) is 6.61 Å². The van der Waals surface area contributed by atoms with Crippen LogP contribution in [0.4, 0.5) is 11.6 Å². The first kappa shape index (κ1) is 15.6. The largest absolute Gasteiger partial charge is 0.388 e. The molecule has 0 fully saturated rings. The molecule has 0 bridgehead atoms. The van der Waals surface area contributed by atoms with Gasteiger partial charge in [-0.2, -0.15) is 4.52 Å². The van der Waals surface area contributed by atoms with E-state index < -0.39 is 0 Å². The molecule has 26 heavy (non-hydrogen) atoms. The average molecular weight is 344 g/mol. The van der Waals surface area contributed by atoms with Crippen LogP contribution >= 0.6 is 0 Å². The van der Waals surface area contributed by atoms with Crippen molar-refractivity contribution in [3.8, 4) is 22.5 Å². The predicted molar refractivity (Wildman–Crippen MR) is 93.8 cm³/mol. The smallest absolute Gasteiger partial charge is 0.223 e. The maximum atomic E-state index is 9.39. The Hall–Kier alpha value is -3.90. The molecule has 0 unspecified atom stereocenters. The number of aromatic nitrogens is 6. The molecule has 0 saturated heterocycles. The van der Waals surface area contributed by atoms with Crippen molar-refractivity contribution in [1.82, 2.24) is 29.5 Å². The highest BCUT2D eigenvalue weighted by molar-refractivity contribution is 5.89. The first-order chi connectivity index (χ1) is 12.7. The Kier molecular flexibility index (Phi) is 3.72. The summed E-state index contributed by atoms with van der Waals surface area (Å²) in [6.45, 7) is 6.90. The second-order valence-electron chi connectivity index (χ2n) is 5.37. The van der Waals surface area contributed by atoms with Gasteiger partial charge in [-0.25, -0.2) is 24.8 Å². The Bertz CT molecular complexity index is 1150. The zero-order chi connectivity index (χ0) is 18.1. The highest BCUT2D eigenvalue weighted by atomic mass is 16.3. The number of anilines is 1. The fourth-order valence-electron chi connectivity index (χ4n) is 2.67. The summed E-state index contributed by atoms with van der Waals surface area (Å²) in [7, 11) is 0. The van der Waals surface area contributed by atoms with Gasteiger partial charge in [0.25, 0.3) is 0 Å². The number of aliphatic hydroxyl groups excluding tert-OH is 1. The molecule has 0 radical (unpaired) electrons. The van der Waals surface area contributed by atoms with Gasteiger partial charge >= 0.3 is 0 Å². The van der Waals surface area contributed by atoms with E-state index in [9.17, 15) is 5.11 Å². The lowest BCUT2D eigenvalue weighted by Crippen LogP contribution is -2.06. The van der Waals surface area contributed by atoms with E-state index in [1.54, 1.807) is 30.5 Å². The Morgan fingerprint density at radius 2 is 2.12 bits per heavy atom. The summed E-state index contributed by atoms with van der Waals surface area (Å²) in [5.41, 5.74) is 9.36. The van der Waals surface area contributed by atoms with Crippen LogP contribution in [0.15, 0.2) is 42.9 Å². The molecule has 9 nitrogen and oxygen atoms in total. The van der Waals surface area contributed by atoms with Crippen LogP contribution in [0.3, 0.4) is 0 Å². The third-order valence-electron chi connectivity index (χ3n) is 3.78. The second kappa shape index (κ2) is 6.19. The van der Waals surface area contributed by atoms with Crippen LogP contribution in [0, 0.1) is 6.57 Å². The molecule has 0 atom stereocenters. The van der Waals surface area contributed by atoms with E-state index in [2.05, 4.69) is 29.9 Å². The summed E-state index contributed by atoms with van der Waals surface area (Å²) in [5.74, 6) is 0.342. The highest BCUT2D eigenvalue weighted by Gasteiger charge is 2.20. The molecule has 0 aliphatic carbocycles. The molecule has 0 spiro atoms. The minimum absolute atomic E-state index is 0.119. The molecule has 3 aromatic heterocycles. The Balaban J connectivity index is 2.10. The van der Waals surface area contributed by atoms with Crippen LogP contribution in [0.2, 0.25) is 0 Å². The van der Waals surface area contributed by atoms with Crippen LogP contribution in [-0.2, 0) is 6.61 Å². The lowest BCUT2D eigenvalue weighted by molar-refractivity contribution is 0.271. The number of fused-ring (bicyclic) bond motifs is 1. The van der Waals surface area contributed by atoms with Crippen molar-refractivity contribution in [2.75, 3.05) is 5.73 Å². The van der Waals surface area contributed by atoms with Crippen molar-refractivity contribution in [2.24, 2.45) is 0 Å². The molecule has 4 aromatic rings. The van der Waals surface area contributed by atoms with E-state index in [0.29, 0.717) is 33.8 Å². The van der Waals surface area contributed by atoms with E-state index in [1.165, 1.54) is 10.8 Å². The molecular weight excluding hydrogens is 332 g/mol. The Morgan fingerprint density at radius 3 is 2.85 bits per heavy atom. The quantitative estimate of drug-likeness (QED) is 0.544. The summed E-state index contributed by atoms with van der Waals surface area (Å²) < 4.78 is 1.37. The topological polar surface area (TPSA) is 119 Å². The maximum Gasteiger partial charge on any atom is 0.223 e. The lowest BCUT2D eigenvalue weighted by atomic mass is 10.0. The Labute approximate surface area is 147 Å². The van der Waals surface area contributed by atoms with E-state index in [4.69, 9.17) is 12.3 Å². The van der Waals surface area contributed by atoms with Crippen LogP contribution in [0.25, 0.3) is 33.0 Å². The molecule has 126 valence electrons. The van der Waals surface area contributed by atoms with Crippen LogP contribution in [0.1, 0.15) is 5.82 Å². The van der Waals surface area contributed by atoms with Crippen LogP contribution < -0.4 is 5.73 Å². The summed E-state index contributed by atoms with van der Waals surface area (Å²) in [6, 6.07) is 8.77. The number of rotatable bonds is 3. The SMILES string of the molecule is [C-]#[N+]c1cccc(-c2nc(N)n3nc(CO)nc3c2-c2ccncn2)c1.